The lowest BCUT2D eigenvalue weighted by Gasteiger charge is -2.39. The first-order valence-corrected chi connectivity index (χ1v) is 10.1. The van der Waals surface area contributed by atoms with Crippen molar-refractivity contribution in [3.8, 4) is 28.5 Å². The quantitative estimate of drug-likeness (QED) is 0.558. The Morgan fingerprint density at radius 3 is 2.73 bits per heavy atom. The summed E-state index contributed by atoms with van der Waals surface area (Å²) in [5.41, 5.74) is 3.32. The van der Waals surface area contributed by atoms with Crippen molar-refractivity contribution in [2.24, 2.45) is 0 Å². The molecule has 1 aliphatic rings. The van der Waals surface area contributed by atoms with Gasteiger partial charge in [0.25, 0.3) is 0 Å². The van der Waals surface area contributed by atoms with E-state index in [1.165, 1.54) is 0 Å². The number of fused-ring (bicyclic) bond motifs is 3. The normalized spacial score (nSPS) is 15.4. The molecule has 152 valence electrons. The van der Waals surface area contributed by atoms with E-state index in [4.69, 9.17) is 4.98 Å². The maximum absolute atomic E-state index is 5.01. The zero-order chi connectivity index (χ0) is 20.8. The predicted octanol–water partition coefficient (Wildman–Crippen LogP) is 3.50. The zero-order valence-electron chi connectivity index (χ0n) is 17.4. The van der Waals surface area contributed by atoms with E-state index in [-0.39, 0.29) is 12.1 Å². The number of nitrogens with zero attached hydrogens (tertiary/aromatic N) is 8. The van der Waals surface area contributed by atoms with E-state index in [0.717, 1.165) is 46.5 Å². The van der Waals surface area contributed by atoms with Crippen molar-refractivity contribution in [3.63, 3.8) is 0 Å². The van der Waals surface area contributed by atoms with Crippen molar-refractivity contribution >= 4 is 5.82 Å². The van der Waals surface area contributed by atoms with Crippen molar-refractivity contribution < 1.29 is 0 Å². The molecule has 0 fully saturated rings. The molecule has 0 saturated heterocycles. The minimum atomic E-state index is 0.0982. The number of rotatable bonds is 4. The number of nitrogens with one attached hydrogen (secondary N) is 1. The minimum absolute atomic E-state index is 0.0982. The zero-order valence-corrected chi connectivity index (χ0v) is 17.4. The topological polar surface area (TPSA) is 101 Å². The molecule has 1 N–H and O–H groups in total. The Bertz CT molecular complexity index is 1190. The van der Waals surface area contributed by atoms with Crippen LogP contribution in [0, 0.1) is 6.92 Å². The summed E-state index contributed by atoms with van der Waals surface area (Å²) in [7, 11) is 0. The number of anilines is 1. The number of aryl methyl sites for hydroxylation is 1. The molecule has 1 atom stereocenters. The van der Waals surface area contributed by atoms with Crippen molar-refractivity contribution in [1.29, 1.82) is 0 Å². The van der Waals surface area contributed by atoms with E-state index in [9.17, 15) is 0 Å². The highest BCUT2D eigenvalue weighted by molar-refractivity contribution is 5.76. The summed E-state index contributed by atoms with van der Waals surface area (Å²) >= 11 is 0. The van der Waals surface area contributed by atoms with Gasteiger partial charge in [-0.3, -0.25) is 14.6 Å². The first kappa shape index (κ1) is 18.4. The molecule has 4 aromatic heterocycles. The van der Waals surface area contributed by atoms with Gasteiger partial charge in [-0.25, -0.2) is 9.97 Å². The van der Waals surface area contributed by atoms with Crippen LogP contribution in [0.5, 0.6) is 0 Å². The Hall–Kier alpha value is -3.62. The minimum Gasteiger partial charge on any atom is -0.342 e. The van der Waals surface area contributed by atoms with Crippen LogP contribution in [0.2, 0.25) is 0 Å². The van der Waals surface area contributed by atoms with Gasteiger partial charge in [0.05, 0.1) is 35.4 Å². The van der Waals surface area contributed by atoms with E-state index in [1.54, 1.807) is 12.4 Å². The fraction of sp³-hybridized carbons (Fsp3) is 0.333. The van der Waals surface area contributed by atoms with Gasteiger partial charge in [-0.1, -0.05) is 13.0 Å². The lowest BCUT2D eigenvalue weighted by Crippen LogP contribution is -2.40. The van der Waals surface area contributed by atoms with Crippen LogP contribution in [0.4, 0.5) is 5.82 Å². The van der Waals surface area contributed by atoms with Crippen LogP contribution in [0.1, 0.15) is 44.9 Å². The average Bonchev–Trinajstić information content (AvgIpc) is 3.40. The molecule has 0 radical (unpaired) electrons. The summed E-state index contributed by atoms with van der Waals surface area (Å²) in [6.45, 7) is 8.46. The average molecular weight is 401 g/mol. The Morgan fingerprint density at radius 1 is 1.13 bits per heavy atom. The van der Waals surface area contributed by atoms with Crippen LogP contribution >= 0.6 is 0 Å². The lowest BCUT2D eigenvalue weighted by molar-refractivity contribution is 0.496. The van der Waals surface area contributed by atoms with Crippen LogP contribution in [-0.4, -0.2) is 46.0 Å². The van der Waals surface area contributed by atoms with Crippen LogP contribution in [0.25, 0.3) is 28.5 Å². The van der Waals surface area contributed by atoms with Gasteiger partial charge in [0.1, 0.15) is 11.5 Å². The van der Waals surface area contributed by atoms with Crippen LogP contribution in [0.3, 0.4) is 0 Å². The van der Waals surface area contributed by atoms with Gasteiger partial charge in [-0.2, -0.15) is 5.10 Å². The number of hydrogen-bond donors (Lipinski definition) is 1. The van der Waals surface area contributed by atoms with Crippen molar-refractivity contribution in [2.75, 3.05) is 4.90 Å². The summed E-state index contributed by atoms with van der Waals surface area (Å²) in [4.78, 5) is 16.4. The fourth-order valence-corrected chi connectivity index (χ4v) is 4.15. The molecule has 0 unspecified atom stereocenters. The second kappa shape index (κ2) is 7.01. The lowest BCUT2D eigenvalue weighted by atomic mass is 10.1. The Kier molecular flexibility index (Phi) is 4.30. The number of pyridine rings is 1. The smallest absolute Gasteiger partial charge is 0.165 e. The molecule has 9 nitrogen and oxygen atoms in total. The summed E-state index contributed by atoms with van der Waals surface area (Å²) < 4.78 is 2.07. The van der Waals surface area contributed by atoms with Crippen molar-refractivity contribution in [2.45, 2.75) is 46.2 Å². The number of aromatic amines is 1. The number of aromatic nitrogens is 8. The molecule has 0 amide bonds. The number of H-pyrrole nitrogens is 1. The highest BCUT2D eigenvalue weighted by atomic mass is 15.4. The summed E-state index contributed by atoms with van der Waals surface area (Å²) in [6, 6.07) is 6.11. The molecular weight excluding hydrogens is 378 g/mol. The van der Waals surface area contributed by atoms with Crippen LogP contribution in [0.15, 0.2) is 36.8 Å². The van der Waals surface area contributed by atoms with Gasteiger partial charge in [0.15, 0.2) is 17.5 Å². The third kappa shape index (κ3) is 2.69. The third-order valence-corrected chi connectivity index (χ3v) is 5.46. The van der Waals surface area contributed by atoms with E-state index in [1.807, 2.05) is 31.3 Å². The molecule has 1 aliphatic heterocycles. The molecule has 5 heterocycles. The Morgan fingerprint density at radius 2 is 2.00 bits per heavy atom. The Labute approximate surface area is 174 Å². The molecule has 9 heteroatoms. The molecule has 0 aromatic carbocycles. The van der Waals surface area contributed by atoms with Gasteiger partial charge in [-0.05, 0) is 39.3 Å². The predicted molar refractivity (Wildman–Crippen MR) is 113 cm³/mol. The van der Waals surface area contributed by atoms with Gasteiger partial charge < -0.3 is 4.90 Å². The second-order valence-corrected chi connectivity index (χ2v) is 7.64. The maximum atomic E-state index is 5.01. The van der Waals surface area contributed by atoms with Crippen LogP contribution in [-0.2, 0) is 0 Å². The highest BCUT2D eigenvalue weighted by Gasteiger charge is 2.36. The first-order valence-electron chi connectivity index (χ1n) is 10.1. The Balaban J connectivity index is 1.70. The first-order chi connectivity index (χ1) is 14.6. The van der Waals surface area contributed by atoms with Gasteiger partial charge in [0, 0.05) is 12.2 Å². The third-order valence-electron chi connectivity index (χ3n) is 5.46. The molecule has 0 aliphatic carbocycles. The maximum Gasteiger partial charge on any atom is 0.165 e. The van der Waals surface area contributed by atoms with Gasteiger partial charge in [-0.15, -0.1) is 10.2 Å². The van der Waals surface area contributed by atoms with E-state index in [2.05, 4.69) is 60.6 Å². The fourth-order valence-electron chi connectivity index (χ4n) is 4.15. The SMILES string of the molecule is CC[C@@H]1c2nnc(C)n2-c2cnc(-c3cn[nH]c3-c3ccccn3)nc2N1C(C)C. The summed E-state index contributed by atoms with van der Waals surface area (Å²) in [5.74, 6) is 3.26. The molecule has 0 bridgehead atoms. The molecule has 0 spiro atoms. The molecule has 0 saturated carbocycles. The summed E-state index contributed by atoms with van der Waals surface area (Å²) in [5, 5.41) is 16.1. The van der Waals surface area contributed by atoms with Gasteiger partial charge >= 0.3 is 0 Å². The molecule has 30 heavy (non-hydrogen) atoms. The van der Waals surface area contributed by atoms with E-state index < -0.39 is 0 Å². The molecule has 5 rings (SSSR count). The summed E-state index contributed by atoms with van der Waals surface area (Å²) in [6.07, 6.45) is 6.27. The second-order valence-electron chi connectivity index (χ2n) is 7.64. The molecular formula is C21H23N9. The highest BCUT2D eigenvalue weighted by Crippen LogP contribution is 2.41. The van der Waals surface area contributed by atoms with Crippen molar-refractivity contribution in [1.82, 2.24) is 39.9 Å². The standard InChI is InChI=1S/C21H23N9/c1-5-16-21-28-26-13(4)30(21)17-11-23-19(25-20(17)29(16)12(2)3)14-10-24-27-18(14)15-8-6-7-9-22-15/h6-12,16H,5H2,1-4H3,(H,24,27)/t16-/m1/s1. The number of hydrogen-bond acceptors (Lipinski definition) is 7. The monoisotopic (exact) mass is 401 g/mol. The van der Waals surface area contributed by atoms with Gasteiger partial charge in [0.2, 0.25) is 0 Å². The molecule has 4 aromatic rings. The van der Waals surface area contributed by atoms with E-state index >= 15 is 0 Å². The largest absolute Gasteiger partial charge is 0.342 e. The van der Waals surface area contributed by atoms with Crippen molar-refractivity contribution in [3.05, 3.63) is 48.4 Å². The van der Waals surface area contributed by atoms with Crippen LogP contribution < -0.4 is 4.90 Å². The van der Waals surface area contributed by atoms with E-state index in [0.29, 0.717) is 5.82 Å².